The van der Waals surface area contributed by atoms with Gasteiger partial charge in [0.1, 0.15) is 13.1 Å². The van der Waals surface area contributed by atoms with Crippen molar-refractivity contribution < 1.29 is 19.1 Å². The Morgan fingerprint density at radius 1 is 1.07 bits per heavy atom. The van der Waals surface area contributed by atoms with Crippen LogP contribution in [-0.2, 0) is 19.1 Å². The van der Waals surface area contributed by atoms with Crippen LogP contribution in [0.4, 0.5) is 11.4 Å². The first-order valence-corrected chi connectivity index (χ1v) is 10.8. The standard InChI is InChI=1S/C23H32N2O4/c1-4-29-23(28)15-25-20-13-17(3)16(2)12-19(20)24(14-22(25)27)21(26)11-10-18-8-6-5-7-9-18/h12-13,18H,4-11,14-15H2,1-3H3. The summed E-state index contributed by atoms with van der Waals surface area (Å²) in [4.78, 5) is 40.9. The van der Waals surface area contributed by atoms with Crippen molar-refractivity contribution in [2.45, 2.75) is 65.7 Å². The number of carbonyl (C=O) groups is 3. The molecule has 1 aliphatic carbocycles. The van der Waals surface area contributed by atoms with E-state index < -0.39 is 5.97 Å². The molecule has 0 bridgehead atoms. The van der Waals surface area contributed by atoms with E-state index in [1.165, 1.54) is 37.0 Å². The highest BCUT2D eigenvalue weighted by Gasteiger charge is 2.34. The lowest BCUT2D eigenvalue weighted by atomic mass is 9.86. The number of hydrogen-bond acceptors (Lipinski definition) is 4. The second kappa shape index (κ2) is 9.42. The first-order chi connectivity index (χ1) is 13.9. The normalized spacial score (nSPS) is 17.3. The highest BCUT2D eigenvalue weighted by molar-refractivity contribution is 6.12. The number of aryl methyl sites for hydroxylation is 2. The van der Waals surface area contributed by atoms with Gasteiger partial charge in [-0.3, -0.25) is 19.3 Å². The van der Waals surface area contributed by atoms with Crippen molar-refractivity contribution >= 4 is 29.2 Å². The molecule has 0 radical (unpaired) electrons. The fraction of sp³-hybridized carbons (Fsp3) is 0.609. The predicted octanol–water partition coefficient (Wildman–Crippen LogP) is 3.91. The minimum atomic E-state index is -0.442. The maximum atomic E-state index is 13.0. The van der Waals surface area contributed by atoms with Gasteiger partial charge in [-0.05, 0) is 56.4 Å². The third kappa shape index (κ3) is 4.98. The third-order valence-electron chi connectivity index (χ3n) is 6.15. The minimum Gasteiger partial charge on any atom is -0.465 e. The molecule has 6 heteroatoms. The Morgan fingerprint density at radius 3 is 2.38 bits per heavy atom. The smallest absolute Gasteiger partial charge is 0.326 e. The molecule has 0 spiro atoms. The van der Waals surface area contributed by atoms with Crippen LogP contribution in [0.2, 0.25) is 0 Å². The van der Waals surface area contributed by atoms with Crippen molar-refractivity contribution in [3.05, 3.63) is 23.3 Å². The van der Waals surface area contributed by atoms with Crippen LogP contribution in [0.3, 0.4) is 0 Å². The zero-order chi connectivity index (χ0) is 21.0. The number of benzene rings is 1. The van der Waals surface area contributed by atoms with E-state index in [-0.39, 0.29) is 31.5 Å². The molecule has 6 nitrogen and oxygen atoms in total. The number of ether oxygens (including phenoxy) is 1. The molecule has 2 amide bonds. The van der Waals surface area contributed by atoms with Crippen LogP contribution in [0.5, 0.6) is 0 Å². The van der Waals surface area contributed by atoms with E-state index in [0.29, 0.717) is 23.7 Å². The van der Waals surface area contributed by atoms with Crippen molar-refractivity contribution in [3.63, 3.8) is 0 Å². The van der Waals surface area contributed by atoms with Gasteiger partial charge in [-0.2, -0.15) is 0 Å². The lowest BCUT2D eigenvalue weighted by molar-refractivity contribution is -0.142. The second-order valence-electron chi connectivity index (χ2n) is 8.23. The molecule has 1 heterocycles. The lowest BCUT2D eigenvalue weighted by Gasteiger charge is -2.36. The highest BCUT2D eigenvalue weighted by atomic mass is 16.5. The van der Waals surface area contributed by atoms with E-state index >= 15 is 0 Å². The summed E-state index contributed by atoms with van der Waals surface area (Å²) in [6.45, 7) is 5.81. The van der Waals surface area contributed by atoms with Gasteiger partial charge in [-0.25, -0.2) is 0 Å². The summed E-state index contributed by atoms with van der Waals surface area (Å²) >= 11 is 0. The number of carbonyl (C=O) groups excluding carboxylic acids is 3. The van der Waals surface area contributed by atoms with Crippen molar-refractivity contribution in [1.29, 1.82) is 0 Å². The number of amides is 2. The SMILES string of the molecule is CCOC(=O)CN1C(=O)CN(C(=O)CCC2CCCCC2)c2cc(C)c(C)cc21. The van der Waals surface area contributed by atoms with E-state index in [0.717, 1.165) is 17.5 Å². The van der Waals surface area contributed by atoms with Gasteiger partial charge in [0.05, 0.1) is 18.0 Å². The van der Waals surface area contributed by atoms with Gasteiger partial charge in [-0.1, -0.05) is 32.1 Å². The van der Waals surface area contributed by atoms with Crippen LogP contribution in [0.25, 0.3) is 0 Å². The fourth-order valence-electron chi connectivity index (χ4n) is 4.33. The average Bonchev–Trinajstić information content (AvgIpc) is 2.70. The van der Waals surface area contributed by atoms with E-state index in [4.69, 9.17) is 4.74 Å². The van der Waals surface area contributed by atoms with Crippen molar-refractivity contribution in [1.82, 2.24) is 0 Å². The summed E-state index contributed by atoms with van der Waals surface area (Å²) in [7, 11) is 0. The first-order valence-electron chi connectivity index (χ1n) is 10.8. The number of nitrogens with zero attached hydrogens (tertiary/aromatic N) is 2. The minimum absolute atomic E-state index is 0.00999. The predicted molar refractivity (Wildman–Crippen MR) is 113 cm³/mol. The average molecular weight is 401 g/mol. The van der Waals surface area contributed by atoms with Gasteiger partial charge in [0.15, 0.2) is 0 Å². The number of anilines is 2. The van der Waals surface area contributed by atoms with Gasteiger partial charge in [-0.15, -0.1) is 0 Å². The van der Waals surface area contributed by atoms with Crippen molar-refractivity contribution in [3.8, 4) is 0 Å². The zero-order valence-electron chi connectivity index (χ0n) is 17.8. The van der Waals surface area contributed by atoms with Gasteiger partial charge < -0.3 is 9.64 Å². The van der Waals surface area contributed by atoms with Crippen LogP contribution < -0.4 is 9.80 Å². The number of rotatable bonds is 6. The molecule has 3 rings (SSSR count). The Hall–Kier alpha value is -2.37. The third-order valence-corrected chi connectivity index (χ3v) is 6.15. The van der Waals surface area contributed by atoms with Crippen LogP contribution in [-0.4, -0.2) is 37.5 Å². The molecule has 29 heavy (non-hydrogen) atoms. The van der Waals surface area contributed by atoms with E-state index in [2.05, 4.69) is 0 Å². The molecular formula is C23H32N2O4. The zero-order valence-corrected chi connectivity index (χ0v) is 17.8. The summed E-state index contributed by atoms with van der Waals surface area (Å²) in [5, 5.41) is 0. The monoisotopic (exact) mass is 400 g/mol. The lowest BCUT2D eigenvalue weighted by Crippen LogP contribution is -2.50. The molecule has 1 fully saturated rings. The molecule has 1 aliphatic heterocycles. The van der Waals surface area contributed by atoms with E-state index in [1.54, 1.807) is 11.8 Å². The van der Waals surface area contributed by atoms with Gasteiger partial charge in [0, 0.05) is 6.42 Å². The Balaban J connectivity index is 1.81. The summed E-state index contributed by atoms with van der Waals surface area (Å²) in [6.07, 6.45) is 7.56. The quantitative estimate of drug-likeness (QED) is 0.679. The van der Waals surface area contributed by atoms with Gasteiger partial charge >= 0.3 is 5.97 Å². The molecule has 0 aromatic heterocycles. The molecule has 0 unspecified atom stereocenters. The molecule has 2 aliphatic rings. The Morgan fingerprint density at radius 2 is 1.72 bits per heavy atom. The molecule has 158 valence electrons. The fourth-order valence-corrected chi connectivity index (χ4v) is 4.33. The molecular weight excluding hydrogens is 368 g/mol. The van der Waals surface area contributed by atoms with E-state index in [1.807, 2.05) is 26.0 Å². The summed E-state index contributed by atoms with van der Waals surface area (Å²) in [6, 6.07) is 3.84. The molecule has 0 saturated heterocycles. The number of esters is 1. The van der Waals surface area contributed by atoms with Crippen molar-refractivity contribution in [2.24, 2.45) is 5.92 Å². The van der Waals surface area contributed by atoms with Crippen LogP contribution in [0.1, 0.15) is 63.0 Å². The molecule has 1 saturated carbocycles. The molecule has 0 N–H and O–H groups in total. The largest absolute Gasteiger partial charge is 0.465 e. The molecule has 1 aromatic rings. The first kappa shape index (κ1) is 21.3. The summed E-state index contributed by atoms with van der Waals surface area (Å²) in [5.74, 6) is -0.0844. The number of fused-ring (bicyclic) bond motifs is 1. The summed E-state index contributed by atoms with van der Waals surface area (Å²) in [5.41, 5.74) is 3.40. The Labute approximate surface area is 173 Å². The van der Waals surface area contributed by atoms with E-state index in [9.17, 15) is 14.4 Å². The van der Waals surface area contributed by atoms with Crippen LogP contribution in [0.15, 0.2) is 12.1 Å². The number of hydrogen-bond donors (Lipinski definition) is 0. The Bertz CT molecular complexity index is 783. The Kier molecular flexibility index (Phi) is 6.93. The molecule has 1 aromatic carbocycles. The van der Waals surface area contributed by atoms with Gasteiger partial charge in [0.2, 0.25) is 11.8 Å². The maximum Gasteiger partial charge on any atom is 0.326 e. The van der Waals surface area contributed by atoms with Crippen LogP contribution >= 0.6 is 0 Å². The van der Waals surface area contributed by atoms with Gasteiger partial charge in [0.25, 0.3) is 0 Å². The van der Waals surface area contributed by atoms with Crippen LogP contribution in [0, 0.1) is 19.8 Å². The topological polar surface area (TPSA) is 66.9 Å². The van der Waals surface area contributed by atoms with Crippen molar-refractivity contribution in [2.75, 3.05) is 29.5 Å². The second-order valence-corrected chi connectivity index (χ2v) is 8.23. The highest BCUT2D eigenvalue weighted by Crippen LogP contribution is 2.37. The maximum absolute atomic E-state index is 13.0. The molecule has 0 atom stereocenters. The summed E-state index contributed by atoms with van der Waals surface area (Å²) < 4.78 is 5.03.